The minimum atomic E-state index is 0.839. The van der Waals surface area contributed by atoms with Gasteiger partial charge in [-0.05, 0) is 93.3 Å². The van der Waals surface area contributed by atoms with Gasteiger partial charge in [-0.25, -0.2) is 4.98 Å². The lowest BCUT2D eigenvalue weighted by molar-refractivity contribution is 1.17. The fourth-order valence-corrected chi connectivity index (χ4v) is 6.66. The van der Waals surface area contributed by atoms with Gasteiger partial charge in [-0.15, -0.1) is 0 Å². The summed E-state index contributed by atoms with van der Waals surface area (Å²) in [4.78, 5) is 14.7. The predicted molar refractivity (Wildman–Crippen MR) is 185 cm³/mol. The molecule has 0 atom stereocenters. The van der Waals surface area contributed by atoms with Crippen LogP contribution in [-0.4, -0.2) is 19.5 Å². The highest BCUT2D eigenvalue weighted by Crippen LogP contribution is 2.39. The Morgan fingerprint density at radius 3 is 1.91 bits per heavy atom. The zero-order chi connectivity index (χ0) is 29.7. The normalized spacial score (nSPS) is 11.6. The van der Waals surface area contributed by atoms with E-state index in [0.29, 0.717) is 0 Å². The van der Waals surface area contributed by atoms with Crippen LogP contribution in [0.2, 0.25) is 0 Å². The van der Waals surface area contributed by atoms with Crippen LogP contribution in [0.5, 0.6) is 0 Å². The Morgan fingerprint density at radius 2 is 1.11 bits per heavy atom. The monoisotopic (exact) mass is 574 g/mol. The van der Waals surface area contributed by atoms with Gasteiger partial charge in [0.1, 0.15) is 0 Å². The van der Waals surface area contributed by atoms with Crippen molar-refractivity contribution in [2.75, 3.05) is 0 Å². The summed E-state index contributed by atoms with van der Waals surface area (Å²) >= 11 is 0. The van der Waals surface area contributed by atoms with E-state index in [2.05, 4.69) is 126 Å². The van der Waals surface area contributed by atoms with Crippen LogP contribution >= 0.6 is 0 Å². The number of fused-ring (bicyclic) bond motifs is 5. The van der Waals surface area contributed by atoms with Crippen molar-refractivity contribution in [1.82, 2.24) is 19.5 Å². The van der Waals surface area contributed by atoms with Gasteiger partial charge in [-0.1, -0.05) is 84.9 Å². The van der Waals surface area contributed by atoms with E-state index in [1.165, 1.54) is 27.1 Å². The summed E-state index contributed by atoms with van der Waals surface area (Å²) in [6.45, 7) is 0. The molecule has 4 aromatic heterocycles. The Hall–Kier alpha value is -6.13. The molecule has 9 rings (SSSR count). The molecule has 0 saturated heterocycles. The van der Waals surface area contributed by atoms with Gasteiger partial charge in [-0.2, -0.15) is 0 Å². The van der Waals surface area contributed by atoms with Gasteiger partial charge in [0.15, 0.2) is 0 Å². The molecule has 0 aliphatic heterocycles. The summed E-state index contributed by atoms with van der Waals surface area (Å²) < 4.78 is 2.29. The maximum Gasteiger partial charge on any atom is 0.0963 e. The molecular formula is C41H26N4. The van der Waals surface area contributed by atoms with Gasteiger partial charge in [0.2, 0.25) is 0 Å². The third-order valence-corrected chi connectivity index (χ3v) is 8.64. The van der Waals surface area contributed by atoms with Crippen molar-refractivity contribution in [1.29, 1.82) is 0 Å². The van der Waals surface area contributed by atoms with E-state index in [4.69, 9.17) is 15.0 Å². The second kappa shape index (κ2) is 10.2. The van der Waals surface area contributed by atoms with Gasteiger partial charge >= 0.3 is 0 Å². The molecule has 0 saturated carbocycles. The maximum atomic E-state index is 5.22. The largest absolute Gasteiger partial charge is 0.308 e. The topological polar surface area (TPSA) is 43.6 Å². The zero-order valence-electron chi connectivity index (χ0n) is 24.3. The molecule has 4 heterocycles. The lowest BCUT2D eigenvalue weighted by Crippen LogP contribution is -1.96. The molecule has 0 aliphatic rings. The molecular weight excluding hydrogens is 548 g/mol. The van der Waals surface area contributed by atoms with E-state index in [-0.39, 0.29) is 0 Å². The first kappa shape index (κ1) is 25.4. The van der Waals surface area contributed by atoms with Crippen LogP contribution in [-0.2, 0) is 0 Å². The van der Waals surface area contributed by atoms with Crippen LogP contribution in [0.4, 0.5) is 0 Å². The number of nitrogens with zero attached hydrogens (tertiary/aromatic N) is 4. The molecule has 4 nitrogen and oxygen atoms in total. The summed E-state index contributed by atoms with van der Waals surface area (Å²) in [7, 11) is 0. The smallest absolute Gasteiger partial charge is 0.0963 e. The van der Waals surface area contributed by atoms with Gasteiger partial charge in [0, 0.05) is 29.0 Å². The lowest BCUT2D eigenvalue weighted by atomic mass is 9.91. The van der Waals surface area contributed by atoms with E-state index in [0.717, 1.165) is 55.8 Å². The summed E-state index contributed by atoms with van der Waals surface area (Å²) in [5.41, 5.74) is 10.2. The molecule has 0 unspecified atom stereocenters. The van der Waals surface area contributed by atoms with E-state index < -0.39 is 0 Å². The van der Waals surface area contributed by atoms with E-state index in [9.17, 15) is 0 Å². The van der Waals surface area contributed by atoms with E-state index in [1.54, 1.807) is 0 Å². The molecule has 9 aromatic rings. The minimum Gasteiger partial charge on any atom is -0.308 e. The highest BCUT2D eigenvalue weighted by atomic mass is 15.0. The number of hydrogen-bond acceptors (Lipinski definition) is 3. The van der Waals surface area contributed by atoms with E-state index in [1.807, 2.05) is 36.7 Å². The van der Waals surface area contributed by atoms with Crippen LogP contribution in [0.1, 0.15) is 0 Å². The Morgan fingerprint density at radius 1 is 0.422 bits per heavy atom. The Labute approximate surface area is 259 Å². The van der Waals surface area contributed by atoms with Crippen molar-refractivity contribution in [2.24, 2.45) is 0 Å². The number of rotatable bonds is 4. The summed E-state index contributed by atoms with van der Waals surface area (Å²) in [6, 6.07) is 51.2. The minimum absolute atomic E-state index is 0.839. The van der Waals surface area contributed by atoms with Crippen LogP contribution in [0, 0.1) is 0 Å². The first-order valence-electron chi connectivity index (χ1n) is 15.1. The second-order valence-corrected chi connectivity index (χ2v) is 11.3. The van der Waals surface area contributed by atoms with Gasteiger partial charge in [0.05, 0.1) is 33.6 Å². The Bertz CT molecular complexity index is 2440. The van der Waals surface area contributed by atoms with Crippen LogP contribution < -0.4 is 0 Å². The Balaban J connectivity index is 1.31. The Kier molecular flexibility index (Phi) is 5.78. The molecule has 0 bridgehead atoms. The molecule has 4 heteroatoms. The highest BCUT2D eigenvalue weighted by Gasteiger charge is 2.17. The molecule has 5 aromatic carbocycles. The summed E-state index contributed by atoms with van der Waals surface area (Å²) in [5.74, 6) is 0. The summed E-state index contributed by atoms with van der Waals surface area (Å²) in [5, 5.41) is 5.99. The van der Waals surface area contributed by atoms with Crippen LogP contribution in [0.3, 0.4) is 0 Å². The van der Waals surface area contributed by atoms with Crippen molar-refractivity contribution in [3.8, 4) is 39.5 Å². The SMILES string of the molecule is c1ccc(-c2cc(-c3c4ccccc4cc4ccccc34)cc(-c3cccc(-n4c5ccccc5c5ncccc54)c3)n2)nc1. The number of hydrogen-bond donors (Lipinski definition) is 0. The van der Waals surface area contributed by atoms with Gasteiger partial charge in [-0.3, -0.25) is 9.97 Å². The van der Waals surface area contributed by atoms with Crippen LogP contribution in [0.15, 0.2) is 158 Å². The number of aromatic nitrogens is 4. The second-order valence-electron chi connectivity index (χ2n) is 11.3. The predicted octanol–water partition coefficient (Wildman–Crippen LogP) is 10.3. The van der Waals surface area contributed by atoms with Crippen molar-refractivity contribution in [3.63, 3.8) is 0 Å². The number of para-hydroxylation sites is 1. The fraction of sp³-hybridized carbons (Fsp3) is 0. The number of pyridine rings is 3. The molecule has 0 N–H and O–H groups in total. The third kappa shape index (κ3) is 4.19. The molecule has 45 heavy (non-hydrogen) atoms. The third-order valence-electron chi connectivity index (χ3n) is 8.64. The molecule has 0 fully saturated rings. The van der Waals surface area contributed by atoms with Gasteiger partial charge < -0.3 is 4.57 Å². The zero-order valence-corrected chi connectivity index (χ0v) is 24.3. The van der Waals surface area contributed by atoms with Crippen molar-refractivity contribution < 1.29 is 0 Å². The average Bonchev–Trinajstić information content (AvgIpc) is 3.45. The maximum absolute atomic E-state index is 5.22. The quantitative estimate of drug-likeness (QED) is 0.196. The molecule has 210 valence electrons. The average molecular weight is 575 g/mol. The first-order valence-corrected chi connectivity index (χ1v) is 15.1. The van der Waals surface area contributed by atoms with Crippen LogP contribution in [0.25, 0.3) is 82.9 Å². The molecule has 0 amide bonds. The first-order chi connectivity index (χ1) is 22.3. The highest BCUT2D eigenvalue weighted by molar-refractivity contribution is 6.13. The standard InChI is InChI=1S/C41H26N4/c1-3-15-32-27(11-1)23-28-12-2-4-16-33(28)40(32)30-25-36(44-37(26-30)35-18-7-8-21-42-35)29-13-9-14-31(24-29)45-38-19-6-5-17-34(38)41-39(45)20-10-22-43-41/h1-26H. The molecule has 0 radical (unpaired) electrons. The van der Waals surface area contributed by atoms with Crippen molar-refractivity contribution >= 4 is 43.5 Å². The van der Waals surface area contributed by atoms with Crippen molar-refractivity contribution in [3.05, 3.63) is 158 Å². The van der Waals surface area contributed by atoms with Crippen molar-refractivity contribution in [2.45, 2.75) is 0 Å². The fourth-order valence-electron chi connectivity index (χ4n) is 6.66. The van der Waals surface area contributed by atoms with E-state index >= 15 is 0 Å². The number of benzene rings is 5. The lowest BCUT2D eigenvalue weighted by Gasteiger charge is -2.15. The summed E-state index contributed by atoms with van der Waals surface area (Å²) in [6.07, 6.45) is 3.69. The molecule has 0 aliphatic carbocycles. The van der Waals surface area contributed by atoms with Gasteiger partial charge in [0.25, 0.3) is 0 Å². The molecule has 0 spiro atoms.